The second-order valence-corrected chi connectivity index (χ2v) is 9.81. The number of aliphatic hydroxyl groups excluding tert-OH is 6. The van der Waals surface area contributed by atoms with Crippen LogP contribution in [0.4, 0.5) is 0 Å². The summed E-state index contributed by atoms with van der Waals surface area (Å²) in [6, 6.07) is 5.21. The van der Waals surface area contributed by atoms with Crippen molar-refractivity contribution in [2.45, 2.75) is 55.3 Å². The maximum atomic E-state index is 13.7. The van der Waals surface area contributed by atoms with Crippen LogP contribution in [0.2, 0.25) is 0 Å². The highest BCUT2D eigenvalue weighted by Crippen LogP contribution is 2.40. The van der Waals surface area contributed by atoms with Gasteiger partial charge >= 0.3 is 0 Å². The van der Waals surface area contributed by atoms with E-state index >= 15 is 0 Å². The fourth-order valence-electron chi connectivity index (χ4n) is 4.70. The summed E-state index contributed by atoms with van der Waals surface area (Å²) in [5.74, 6) is -3.39. The van der Waals surface area contributed by atoms with E-state index in [0.29, 0.717) is 0 Å². The molecule has 2 aromatic carbocycles. The van der Waals surface area contributed by atoms with Gasteiger partial charge in [0.2, 0.25) is 17.5 Å². The average molecular weight is 596 g/mol. The summed E-state index contributed by atoms with van der Waals surface area (Å²) in [5, 5.41) is 101. The van der Waals surface area contributed by atoms with Crippen molar-refractivity contribution in [1.82, 2.24) is 0 Å². The Morgan fingerprint density at radius 3 is 2.26 bits per heavy atom. The summed E-state index contributed by atoms with van der Waals surface area (Å²) >= 11 is 0. The predicted octanol–water partition coefficient (Wildman–Crippen LogP) is -2.08. The molecule has 0 bridgehead atoms. The van der Waals surface area contributed by atoms with Crippen molar-refractivity contribution in [3.8, 4) is 40.1 Å². The second kappa shape index (κ2) is 11.5. The summed E-state index contributed by atoms with van der Waals surface area (Å²) in [7, 11) is 0. The van der Waals surface area contributed by atoms with Crippen LogP contribution in [-0.2, 0) is 14.2 Å². The highest BCUT2D eigenvalue weighted by molar-refractivity contribution is 5.88. The fourth-order valence-corrected chi connectivity index (χ4v) is 4.70. The number of hydrogen-bond donors (Lipinski definition) is 10. The van der Waals surface area contributed by atoms with Crippen molar-refractivity contribution in [2.24, 2.45) is 0 Å². The molecule has 0 amide bonds. The first-order valence-corrected chi connectivity index (χ1v) is 12.6. The standard InChI is InChI=1S/C26H28O16/c27-6-15-18(34)20(36)24(42-25-21(37)17(33)13(32)7-38-25)26(40-15)41-23-19(35)16-12(31)4-9(28)5-14(16)39-22(23)8-1-2-10(29)11(30)3-8/h1-5,13,15,17-18,20-21,24-34,36-37H,6-7H2/t13-,15-,17-,18+,20+,21+,24-,25-,26+/m1/s1. The molecule has 0 radical (unpaired) electrons. The Kier molecular flexibility index (Phi) is 8.17. The monoisotopic (exact) mass is 596 g/mol. The molecule has 5 rings (SSSR count). The van der Waals surface area contributed by atoms with Crippen LogP contribution in [0.25, 0.3) is 22.3 Å². The largest absolute Gasteiger partial charge is 0.508 e. The van der Waals surface area contributed by atoms with Gasteiger partial charge in [0.1, 0.15) is 59.1 Å². The van der Waals surface area contributed by atoms with E-state index < -0.39 is 114 Å². The smallest absolute Gasteiger partial charge is 0.239 e. The van der Waals surface area contributed by atoms with E-state index in [9.17, 15) is 55.9 Å². The molecule has 2 aliphatic heterocycles. The molecule has 228 valence electrons. The van der Waals surface area contributed by atoms with Crippen molar-refractivity contribution >= 4 is 11.0 Å². The molecule has 10 N–H and O–H groups in total. The summed E-state index contributed by atoms with van der Waals surface area (Å²) in [4.78, 5) is 13.7. The van der Waals surface area contributed by atoms with Crippen LogP contribution in [0.15, 0.2) is 39.5 Å². The molecule has 42 heavy (non-hydrogen) atoms. The summed E-state index contributed by atoms with van der Waals surface area (Å²) in [6.07, 6.45) is -15.5. The van der Waals surface area contributed by atoms with E-state index in [1.165, 1.54) is 6.07 Å². The molecule has 3 heterocycles. The minimum Gasteiger partial charge on any atom is -0.508 e. The molecule has 1 aromatic heterocycles. The van der Waals surface area contributed by atoms with Gasteiger partial charge in [-0.05, 0) is 18.2 Å². The third-order valence-electron chi connectivity index (χ3n) is 6.96. The Balaban J connectivity index is 1.62. The van der Waals surface area contributed by atoms with Crippen molar-refractivity contribution < 1.29 is 74.4 Å². The normalized spacial score (nSPS) is 31.7. The van der Waals surface area contributed by atoms with Gasteiger partial charge in [0.15, 0.2) is 29.7 Å². The lowest BCUT2D eigenvalue weighted by molar-refractivity contribution is -0.345. The SMILES string of the molecule is O=c1c(O[C@@H]2O[C@H](CO)[C@H](O)[C@H](O)[C@H]2O[C@H]2OC[C@@H](O)[C@@H](O)[C@@H]2O)c(-c2ccc(O)c(O)c2)oc2cc(O)cc(O)c12. The first kappa shape index (κ1) is 29.8. The van der Waals surface area contributed by atoms with Gasteiger partial charge in [-0.25, -0.2) is 0 Å². The molecule has 2 fully saturated rings. The molecule has 2 aliphatic rings. The van der Waals surface area contributed by atoms with Gasteiger partial charge < -0.3 is 74.4 Å². The molecule has 0 saturated carbocycles. The Morgan fingerprint density at radius 1 is 0.833 bits per heavy atom. The number of aliphatic hydroxyl groups is 6. The Hall–Kier alpha value is -3.71. The van der Waals surface area contributed by atoms with Gasteiger partial charge in [-0.15, -0.1) is 0 Å². The number of phenols is 4. The molecule has 3 aromatic rings. The lowest BCUT2D eigenvalue weighted by atomic mass is 9.98. The minimum atomic E-state index is -1.90. The highest BCUT2D eigenvalue weighted by atomic mass is 16.8. The van der Waals surface area contributed by atoms with E-state index in [1.807, 2.05) is 0 Å². The van der Waals surface area contributed by atoms with Crippen molar-refractivity contribution in [1.29, 1.82) is 0 Å². The zero-order valence-corrected chi connectivity index (χ0v) is 21.4. The van der Waals surface area contributed by atoms with E-state index in [1.54, 1.807) is 0 Å². The zero-order chi connectivity index (χ0) is 30.5. The number of ether oxygens (including phenoxy) is 4. The number of rotatable bonds is 6. The Morgan fingerprint density at radius 2 is 1.57 bits per heavy atom. The molecule has 0 spiro atoms. The third kappa shape index (κ3) is 5.31. The van der Waals surface area contributed by atoms with Crippen LogP contribution in [-0.4, -0.2) is 120 Å². The van der Waals surface area contributed by atoms with E-state index in [0.717, 1.165) is 24.3 Å². The van der Waals surface area contributed by atoms with E-state index in [4.69, 9.17) is 23.4 Å². The minimum absolute atomic E-state index is 0.0437. The van der Waals surface area contributed by atoms with Crippen molar-refractivity contribution in [3.05, 3.63) is 40.6 Å². The van der Waals surface area contributed by atoms with Gasteiger partial charge in [-0.2, -0.15) is 0 Å². The van der Waals surface area contributed by atoms with Crippen LogP contribution in [0.5, 0.6) is 28.7 Å². The predicted molar refractivity (Wildman–Crippen MR) is 136 cm³/mol. The fraction of sp³-hybridized carbons (Fsp3) is 0.423. The Labute approximate surface area is 235 Å². The summed E-state index contributed by atoms with van der Waals surface area (Å²) < 4.78 is 28.0. The summed E-state index contributed by atoms with van der Waals surface area (Å²) in [5.41, 5.74) is -1.38. The van der Waals surface area contributed by atoms with Gasteiger partial charge in [-0.3, -0.25) is 4.79 Å². The maximum Gasteiger partial charge on any atom is 0.239 e. The number of fused-ring (bicyclic) bond motifs is 1. The Bertz CT molecular complexity index is 1510. The molecular formula is C26H28O16. The van der Waals surface area contributed by atoms with Crippen molar-refractivity contribution in [2.75, 3.05) is 13.2 Å². The molecular weight excluding hydrogens is 568 g/mol. The first-order valence-electron chi connectivity index (χ1n) is 12.6. The van der Waals surface area contributed by atoms with Gasteiger partial charge in [0.05, 0.1) is 13.2 Å². The number of hydrogen-bond acceptors (Lipinski definition) is 16. The number of phenolic OH excluding ortho intramolecular Hbond substituents is 4. The summed E-state index contributed by atoms with van der Waals surface area (Å²) in [6.45, 7) is -1.31. The van der Waals surface area contributed by atoms with Crippen molar-refractivity contribution in [3.63, 3.8) is 0 Å². The maximum absolute atomic E-state index is 13.7. The average Bonchev–Trinajstić information content (AvgIpc) is 2.94. The molecule has 0 aliphatic carbocycles. The zero-order valence-electron chi connectivity index (χ0n) is 21.4. The topological polar surface area (TPSA) is 269 Å². The molecule has 16 nitrogen and oxygen atoms in total. The van der Waals surface area contributed by atoms with Gasteiger partial charge in [0.25, 0.3) is 0 Å². The van der Waals surface area contributed by atoms with Gasteiger partial charge in [-0.1, -0.05) is 0 Å². The first-order chi connectivity index (χ1) is 19.9. The van der Waals surface area contributed by atoms with Crippen LogP contribution in [0.3, 0.4) is 0 Å². The second-order valence-electron chi connectivity index (χ2n) is 9.81. The third-order valence-corrected chi connectivity index (χ3v) is 6.96. The lowest BCUT2D eigenvalue weighted by Crippen LogP contribution is -2.64. The van der Waals surface area contributed by atoms with Crippen LogP contribution in [0.1, 0.15) is 0 Å². The van der Waals surface area contributed by atoms with E-state index in [2.05, 4.69) is 0 Å². The number of benzene rings is 2. The van der Waals surface area contributed by atoms with Gasteiger partial charge in [0, 0.05) is 17.7 Å². The van der Waals surface area contributed by atoms with E-state index in [-0.39, 0.29) is 11.1 Å². The van der Waals surface area contributed by atoms with Crippen LogP contribution in [0, 0.1) is 0 Å². The molecule has 2 saturated heterocycles. The number of aromatic hydroxyl groups is 4. The molecule has 9 atom stereocenters. The van der Waals surface area contributed by atoms with Crippen LogP contribution >= 0.6 is 0 Å². The quantitative estimate of drug-likeness (QED) is 0.137. The molecule has 0 unspecified atom stereocenters. The lowest BCUT2D eigenvalue weighted by Gasteiger charge is -2.44. The van der Waals surface area contributed by atoms with Crippen LogP contribution < -0.4 is 10.2 Å². The molecule has 16 heteroatoms. The highest BCUT2D eigenvalue weighted by Gasteiger charge is 2.50.